The van der Waals surface area contributed by atoms with Crippen molar-refractivity contribution in [3.63, 3.8) is 0 Å². The van der Waals surface area contributed by atoms with Crippen molar-refractivity contribution in [2.24, 2.45) is 5.92 Å². The Balaban J connectivity index is 1.25. The zero-order chi connectivity index (χ0) is 22.4. The van der Waals surface area contributed by atoms with Gasteiger partial charge in [0.15, 0.2) is 0 Å². The zero-order valence-electron chi connectivity index (χ0n) is 18.8. The molecule has 170 valence electrons. The van der Waals surface area contributed by atoms with Crippen molar-refractivity contribution >= 4 is 11.4 Å². The van der Waals surface area contributed by atoms with Gasteiger partial charge in [0.1, 0.15) is 23.3 Å². The number of H-pyrrole nitrogens is 1. The number of aromatic amines is 1. The summed E-state index contributed by atoms with van der Waals surface area (Å²) in [5, 5.41) is 3.66. The summed E-state index contributed by atoms with van der Waals surface area (Å²) in [7, 11) is 0. The third-order valence-electron chi connectivity index (χ3n) is 7.06. The van der Waals surface area contributed by atoms with E-state index < -0.39 is 0 Å². The van der Waals surface area contributed by atoms with Crippen LogP contribution in [0.3, 0.4) is 0 Å². The molecule has 2 atom stereocenters. The molecule has 6 rings (SSSR count). The Labute approximate surface area is 193 Å². The number of hydrogen-bond donors (Lipinski definition) is 2. The van der Waals surface area contributed by atoms with Crippen LogP contribution in [0, 0.1) is 5.92 Å². The Morgan fingerprint density at radius 3 is 2.88 bits per heavy atom. The third kappa shape index (κ3) is 4.00. The SMILES string of the molecule is CC(Nc1ccc2c(c1)Cc1cccc(C3CN(c4ccc[nH]c4=O)CCO3)c1O2)C1CC1. The van der Waals surface area contributed by atoms with E-state index in [4.69, 9.17) is 9.47 Å². The Hall–Kier alpha value is -3.25. The largest absolute Gasteiger partial charge is 0.456 e. The molecule has 2 N–H and O–H groups in total. The first-order chi connectivity index (χ1) is 16.2. The van der Waals surface area contributed by atoms with Crippen LogP contribution in [-0.4, -0.2) is 30.7 Å². The van der Waals surface area contributed by atoms with Gasteiger partial charge in [-0.3, -0.25) is 4.79 Å². The highest BCUT2D eigenvalue weighted by atomic mass is 16.5. The second-order valence-electron chi connectivity index (χ2n) is 9.40. The van der Waals surface area contributed by atoms with Crippen LogP contribution < -0.4 is 20.5 Å². The monoisotopic (exact) mass is 443 g/mol. The van der Waals surface area contributed by atoms with E-state index in [1.165, 1.54) is 24.0 Å². The number of benzene rings is 2. The van der Waals surface area contributed by atoms with Crippen LogP contribution in [0.15, 0.2) is 59.5 Å². The van der Waals surface area contributed by atoms with Gasteiger partial charge in [-0.25, -0.2) is 0 Å². The molecule has 1 aliphatic carbocycles. The molecule has 3 heterocycles. The molecule has 2 fully saturated rings. The predicted octanol–water partition coefficient (Wildman–Crippen LogP) is 4.86. The zero-order valence-corrected chi connectivity index (χ0v) is 18.8. The molecule has 0 bridgehead atoms. The van der Waals surface area contributed by atoms with Crippen LogP contribution in [0.5, 0.6) is 11.5 Å². The molecular formula is C27H29N3O3. The molecule has 3 aromatic rings. The van der Waals surface area contributed by atoms with Gasteiger partial charge in [-0.15, -0.1) is 0 Å². The number of para-hydroxylation sites is 1. The standard InChI is InChI=1S/C27H29N3O3/c1-17(18-7-8-18)29-21-9-10-24-20(15-21)14-19-4-2-5-22(26(19)33-24)25-16-30(12-13-32-25)23-6-3-11-28-27(23)31/h2-6,9-11,15,17-18,25,29H,7-8,12-14,16H2,1H3,(H,28,31). The lowest BCUT2D eigenvalue weighted by atomic mass is 9.95. The fourth-order valence-electron chi connectivity index (χ4n) is 5.04. The van der Waals surface area contributed by atoms with Crippen LogP contribution in [0.25, 0.3) is 0 Å². The lowest BCUT2D eigenvalue weighted by molar-refractivity contribution is 0.0383. The Morgan fingerprint density at radius 2 is 2.03 bits per heavy atom. The number of rotatable bonds is 5. The molecule has 0 spiro atoms. The fraction of sp³-hybridized carbons (Fsp3) is 0.370. The van der Waals surface area contributed by atoms with E-state index in [2.05, 4.69) is 58.5 Å². The number of morpholine rings is 1. The highest BCUT2D eigenvalue weighted by Gasteiger charge is 2.30. The summed E-state index contributed by atoms with van der Waals surface area (Å²) in [6.45, 7) is 4.14. The maximum atomic E-state index is 12.3. The van der Waals surface area contributed by atoms with Crippen LogP contribution in [0.4, 0.5) is 11.4 Å². The van der Waals surface area contributed by atoms with Gasteiger partial charge in [-0.2, -0.15) is 0 Å². The Kier molecular flexibility index (Phi) is 5.10. The predicted molar refractivity (Wildman–Crippen MR) is 130 cm³/mol. The molecule has 33 heavy (non-hydrogen) atoms. The minimum Gasteiger partial charge on any atom is -0.456 e. The molecule has 1 saturated carbocycles. The number of anilines is 2. The van der Waals surface area contributed by atoms with Crippen molar-refractivity contribution in [2.75, 3.05) is 29.9 Å². The van der Waals surface area contributed by atoms with E-state index in [0.717, 1.165) is 35.1 Å². The molecule has 2 aromatic carbocycles. The quantitative estimate of drug-likeness (QED) is 0.461. The summed E-state index contributed by atoms with van der Waals surface area (Å²) in [6, 6.07) is 17.0. The van der Waals surface area contributed by atoms with Gasteiger partial charge >= 0.3 is 0 Å². The number of nitrogens with zero attached hydrogens (tertiary/aromatic N) is 1. The first-order valence-corrected chi connectivity index (χ1v) is 11.9. The molecule has 2 unspecified atom stereocenters. The normalized spacial score (nSPS) is 20.4. The molecule has 6 heteroatoms. The number of fused-ring (bicyclic) bond motifs is 2. The molecule has 1 saturated heterocycles. The van der Waals surface area contributed by atoms with E-state index in [1.807, 2.05) is 12.1 Å². The van der Waals surface area contributed by atoms with Crippen molar-refractivity contribution in [3.05, 3.63) is 81.8 Å². The highest BCUT2D eigenvalue weighted by molar-refractivity contribution is 5.59. The first-order valence-electron chi connectivity index (χ1n) is 11.9. The minimum atomic E-state index is -0.157. The van der Waals surface area contributed by atoms with Crippen molar-refractivity contribution < 1.29 is 9.47 Å². The molecule has 0 amide bonds. The van der Waals surface area contributed by atoms with Crippen molar-refractivity contribution in [2.45, 2.75) is 38.3 Å². The summed E-state index contributed by atoms with van der Waals surface area (Å²) in [4.78, 5) is 17.2. The highest BCUT2D eigenvalue weighted by Crippen LogP contribution is 2.43. The average Bonchev–Trinajstić information content (AvgIpc) is 3.68. The van der Waals surface area contributed by atoms with Gasteiger partial charge in [0, 0.05) is 48.6 Å². The van der Waals surface area contributed by atoms with Gasteiger partial charge in [-0.1, -0.05) is 18.2 Å². The molecule has 2 aliphatic heterocycles. The van der Waals surface area contributed by atoms with Crippen LogP contribution in [-0.2, 0) is 11.2 Å². The average molecular weight is 444 g/mol. The number of pyridine rings is 1. The molecule has 6 nitrogen and oxygen atoms in total. The lowest BCUT2D eigenvalue weighted by Gasteiger charge is -2.35. The van der Waals surface area contributed by atoms with Crippen LogP contribution in [0.2, 0.25) is 0 Å². The summed E-state index contributed by atoms with van der Waals surface area (Å²) in [6.07, 6.45) is 5.00. The van der Waals surface area contributed by atoms with Crippen molar-refractivity contribution in [3.8, 4) is 11.5 Å². The summed E-state index contributed by atoms with van der Waals surface area (Å²) in [5.41, 5.74) is 5.19. The smallest absolute Gasteiger partial charge is 0.271 e. The lowest BCUT2D eigenvalue weighted by Crippen LogP contribution is -2.41. The van der Waals surface area contributed by atoms with E-state index in [-0.39, 0.29) is 11.7 Å². The number of aromatic nitrogens is 1. The summed E-state index contributed by atoms with van der Waals surface area (Å²) < 4.78 is 12.6. The van der Waals surface area contributed by atoms with Gasteiger partial charge in [-0.05, 0) is 61.6 Å². The second kappa shape index (κ2) is 8.27. The van der Waals surface area contributed by atoms with E-state index in [9.17, 15) is 4.79 Å². The summed E-state index contributed by atoms with van der Waals surface area (Å²) in [5.74, 6) is 2.61. The number of ether oxygens (including phenoxy) is 2. The number of hydrogen-bond acceptors (Lipinski definition) is 5. The minimum absolute atomic E-state index is 0.0705. The maximum absolute atomic E-state index is 12.3. The Morgan fingerprint density at radius 1 is 1.12 bits per heavy atom. The second-order valence-corrected chi connectivity index (χ2v) is 9.40. The maximum Gasteiger partial charge on any atom is 0.271 e. The van der Waals surface area contributed by atoms with E-state index in [1.54, 1.807) is 6.20 Å². The molecular weight excluding hydrogens is 414 g/mol. The van der Waals surface area contributed by atoms with E-state index in [0.29, 0.717) is 31.4 Å². The third-order valence-corrected chi connectivity index (χ3v) is 7.06. The molecule has 3 aliphatic rings. The van der Waals surface area contributed by atoms with Crippen molar-refractivity contribution in [1.29, 1.82) is 0 Å². The van der Waals surface area contributed by atoms with Crippen LogP contribution >= 0.6 is 0 Å². The van der Waals surface area contributed by atoms with Crippen LogP contribution in [0.1, 0.15) is 42.6 Å². The van der Waals surface area contributed by atoms with Gasteiger partial charge in [0.25, 0.3) is 5.56 Å². The molecule has 0 radical (unpaired) electrons. The fourth-order valence-corrected chi connectivity index (χ4v) is 5.04. The van der Waals surface area contributed by atoms with Gasteiger partial charge in [0.05, 0.1) is 6.61 Å². The van der Waals surface area contributed by atoms with Crippen molar-refractivity contribution in [1.82, 2.24) is 4.98 Å². The summed E-state index contributed by atoms with van der Waals surface area (Å²) >= 11 is 0. The first kappa shape index (κ1) is 20.4. The molecule has 1 aromatic heterocycles. The van der Waals surface area contributed by atoms with E-state index >= 15 is 0 Å². The van der Waals surface area contributed by atoms with Gasteiger partial charge < -0.3 is 24.7 Å². The topological polar surface area (TPSA) is 66.6 Å². The Bertz CT molecular complexity index is 1230. The number of nitrogens with one attached hydrogen (secondary N) is 2. The van der Waals surface area contributed by atoms with Gasteiger partial charge in [0.2, 0.25) is 0 Å².